The van der Waals surface area contributed by atoms with E-state index in [4.69, 9.17) is 9.47 Å². The van der Waals surface area contributed by atoms with Gasteiger partial charge in [-0.3, -0.25) is 0 Å². The average molecular weight is 342 g/mol. The van der Waals surface area contributed by atoms with Crippen LogP contribution in [-0.2, 0) is 14.8 Å². The summed E-state index contributed by atoms with van der Waals surface area (Å²) < 4.78 is 38.6. The van der Waals surface area contributed by atoms with E-state index in [-0.39, 0.29) is 12.6 Å². The maximum Gasteiger partial charge on any atom is 0.217 e. The summed E-state index contributed by atoms with van der Waals surface area (Å²) in [5.41, 5.74) is 0.916. The third kappa shape index (κ3) is 5.17. The second-order valence-electron chi connectivity index (χ2n) is 6.09. The van der Waals surface area contributed by atoms with Crippen molar-refractivity contribution in [2.45, 2.75) is 24.1 Å². The van der Waals surface area contributed by atoms with Crippen molar-refractivity contribution in [1.82, 2.24) is 9.62 Å². The summed E-state index contributed by atoms with van der Waals surface area (Å²) in [7, 11) is 2.03. The van der Waals surface area contributed by atoms with Crippen molar-refractivity contribution in [3.63, 3.8) is 0 Å². The molecule has 0 amide bonds. The molecule has 0 aliphatic carbocycles. The molecular formula is C16H26N2O4S. The van der Waals surface area contributed by atoms with Gasteiger partial charge in [0.05, 0.1) is 25.0 Å². The number of methoxy groups -OCH3 is 1. The van der Waals surface area contributed by atoms with Gasteiger partial charge in [0.1, 0.15) is 5.75 Å². The third-order valence-electron chi connectivity index (χ3n) is 3.93. The number of hydrogen-bond acceptors (Lipinski definition) is 5. The van der Waals surface area contributed by atoms with E-state index in [0.717, 1.165) is 17.7 Å². The lowest BCUT2D eigenvalue weighted by atomic mass is 10.1. The molecule has 130 valence electrons. The van der Waals surface area contributed by atoms with Gasteiger partial charge in [-0.15, -0.1) is 0 Å². The standard InChI is InChI=1S/C16H26N2O4S/c1-18(2)11-16(13-6-8-14(21-3)9-7-13)17-23(19,20)15-5-4-10-22-12-15/h6-9,15-17H,4-5,10-12H2,1-3H3/t15-,16-/m0/s1. The van der Waals surface area contributed by atoms with Crippen LogP contribution in [0.15, 0.2) is 24.3 Å². The Morgan fingerprint density at radius 3 is 2.57 bits per heavy atom. The SMILES string of the molecule is COc1ccc([C@H](CN(C)C)NS(=O)(=O)[C@H]2CCCOC2)cc1. The molecule has 0 bridgehead atoms. The lowest BCUT2D eigenvalue weighted by Gasteiger charge is -2.27. The molecule has 0 unspecified atom stereocenters. The Hall–Kier alpha value is -1.15. The highest BCUT2D eigenvalue weighted by Crippen LogP contribution is 2.22. The molecule has 1 aliphatic rings. The van der Waals surface area contributed by atoms with Crippen LogP contribution in [0.2, 0.25) is 0 Å². The van der Waals surface area contributed by atoms with E-state index in [1.54, 1.807) is 7.11 Å². The number of likely N-dealkylation sites (N-methyl/N-ethyl adjacent to an activating group) is 1. The molecule has 1 N–H and O–H groups in total. The fraction of sp³-hybridized carbons (Fsp3) is 0.625. The minimum Gasteiger partial charge on any atom is -0.497 e. The molecule has 1 aromatic carbocycles. The van der Waals surface area contributed by atoms with E-state index in [9.17, 15) is 8.42 Å². The van der Waals surface area contributed by atoms with Gasteiger partial charge < -0.3 is 14.4 Å². The predicted octanol–water partition coefficient (Wildman–Crippen LogP) is 1.40. The zero-order valence-corrected chi connectivity index (χ0v) is 14.8. The van der Waals surface area contributed by atoms with Gasteiger partial charge in [0.2, 0.25) is 10.0 Å². The molecule has 1 saturated heterocycles. The lowest BCUT2D eigenvalue weighted by Crippen LogP contribution is -2.43. The molecule has 6 nitrogen and oxygen atoms in total. The highest BCUT2D eigenvalue weighted by Gasteiger charge is 2.30. The minimum absolute atomic E-state index is 0.270. The lowest BCUT2D eigenvalue weighted by molar-refractivity contribution is 0.0986. The van der Waals surface area contributed by atoms with Gasteiger partial charge in [0.25, 0.3) is 0 Å². The molecule has 7 heteroatoms. The molecule has 1 aromatic rings. The van der Waals surface area contributed by atoms with E-state index in [1.807, 2.05) is 43.3 Å². The van der Waals surface area contributed by atoms with Crippen LogP contribution in [0.1, 0.15) is 24.4 Å². The van der Waals surface area contributed by atoms with Crippen LogP contribution in [0.4, 0.5) is 0 Å². The van der Waals surface area contributed by atoms with Gasteiger partial charge in [-0.05, 0) is 44.6 Å². The number of sulfonamides is 1. The smallest absolute Gasteiger partial charge is 0.217 e. The number of nitrogens with zero attached hydrogens (tertiary/aromatic N) is 1. The zero-order valence-electron chi connectivity index (χ0n) is 14.0. The first-order valence-electron chi connectivity index (χ1n) is 7.80. The van der Waals surface area contributed by atoms with Crippen LogP contribution in [0.5, 0.6) is 5.75 Å². The van der Waals surface area contributed by atoms with Gasteiger partial charge >= 0.3 is 0 Å². The van der Waals surface area contributed by atoms with Crippen molar-refractivity contribution >= 4 is 10.0 Å². The molecule has 1 heterocycles. The molecule has 2 rings (SSSR count). The summed E-state index contributed by atoms with van der Waals surface area (Å²) >= 11 is 0. The van der Waals surface area contributed by atoms with E-state index >= 15 is 0 Å². The minimum atomic E-state index is -3.42. The monoisotopic (exact) mass is 342 g/mol. The summed E-state index contributed by atoms with van der Waals surface area (Å²) in [6.07, 6.45) is 1.43. The van der Waals surface area contributed by atoms with Gasteiger partial charge in [0, 0.05) is 13.2 Å². The highest BCUT2D eigenvalue weighted by atomic mass is 32.2. The number of nitrogens with one attached hydrogen (secondary N) is 1. The Morgan fingerprint density at radius 1 is 1.35 bits per heavy atom. The molecule has 1 fully saturated rings. The summed E-state index contributed by atoms with van der Waals surface area (Å²) in [6.45, 7) is 1.50. The molecule has 0 aromatic heterocycles. The first-order valence-corrected chi connectivity index (χ1v) is 9.34. The van der Waals surface area contributed by atoms with Gasteiger partial charge in [-0.2, -0.15) is 0 Å². The highest BCUT2D eigenvalue weighted by molar-refractivity contribution is 7.90. The fourth-order valence-corrected chi connectivity index (χ4v) is 4.21. The predicted molar refractivity (Wildman–Crippen MR) is 90.2 cm³/mol. The number of rotatable bonds is 7. The normalized spacial score (nSPS) is 20.4. The van der Waals surface area contributed by atoms with Gasteiger partial charge in [0.15, 0.2) is 0 Å². The largest absolute Gasteiger partial charge is 0.497 e. The second-order valence-corrected chi connectivity index (χ2v) is 8.08. The van der Waals surface area contributed by atoms with Crippen LogP contribution in [0, 0.1) is 0 Å². The Labute approximate surface area is 138 Å². The molecule has 0 radical (unpaired) electrons. The van der Waals surface area contributed by atoms with Crippen molar-refractivity contribution in [2.75, 3.05) is 41.0 Å². The summed E-state index contributed by atoms with van der Waals surface area (Å²) in [4.78, 5) is 1.97. The third-order valence-corrected chi connectivity index (χ3v) is 5.79. The number of hydrogen-bond donors (Lipinski definition) is 1. The molecule has 1 aliphatic heterocycles. The van der Waals surface area contributed by atoms with E-state index in [2.05, 4.69) is 4.72 Å². The zero-order chi connectivity index (χ0) is 16.9. The van der Waals surface area contributed by atoms with Crippen LogP contribution >= 0.6 is 0 Å². The average Bonchev–Trinajstić information content (AvgIpc) is 2.54. The first-order chi connectivity index (χ1) is 10.9. The second kappa shape index (κ2) is 8.10. The summed E-state index contributed by atoms with van der Waals surface area (Å²) in [6, 6.07) is 7.18. The van der Waals surface area contributed by atoms with Crippen molar-refractivity contribution < 1.29 is 17.9 Å². The Kier molecular flexibility index (Phi) is 6.41. The summed E-state index contributed by atoms with van der Waals surface area (Å²) in [5, 5.41) is -0.473. The molecule has 0 saturated carbocycles. The Morgan fingerprint density at radius 2 is 2.04 bits per heavy atom. The van der Waals surface area contributed by atoms with E-state index in [1.165, 1.54) is 0 Å². The van der Waals surface area contributed by atoms with E-state index < -0.39 is 15.3 Å². The van der Waals surface area contributed by atoms with Crippen molar-refractivity contribution in [3.8, 4) is 5.75 Å². The fourth-order valence-electron chi connectivity index (χ4n) is 2.66. The van der Waals surface area contributed by atoms with E-state index in [0.29, 0.717) is 19.6 Å². The molecular weight excluding hydrogens is 316 g/mol. The molecule has 0 spiro atoms. The number of ether oxygens (including phenoxy) is 2. The van der Waals surface area contributed by atoms with Crippen LogP contribution in [0.25, 0.3) is 0 Å². The Balaban J connectivity index is 2.16. The molecule has 23 heavy (non-hydrogen) atoms. The van der Waals surface area contributed by atoms with Gasteiger partial charge in [-0.1, -0.05) is 12.1 Å². The Bertz CT molecular complexity index is 581. The van der Waals surface area contributed by atoms with Crippen LogP contribution < -0.4 is 9.46 Å². The topological polar surface area (TPSA) is 67.9 Å². The van der Waals surface area contributed by atoms with Crippen molar-refractivity contribution in [3.05, 3.63) is 29.8 Å². The molecule has 2 atom stereocenters. The maximum atomic E-state index is 12.6. The van der Waals surface area contributed by atoms with Gasteiger partial charge in [-0.25, -0.2) is 13.1 Å². The van der Waals surface area contributed by atoms with Crippen molar-refractivity contribution in [1.29, 1.82) is 0 Å². The first kappa shape index (κ1) is 18.2. The van der Waals surface area contributed by atoms with Crippen LogP contribution in [-0.4, -0.2) is 59.5 Å². The maximum absolute atomic E-state index is 12.6. The summed E-state index contributed by atoms with van der Waals surface area (Å²) in [5.74, 6) is 0.751. The van der Waals surface area contributed by atoms with Crippen molar-refractivity contribution in [2.24, 2.45) is 0 Å². The van der Waals surface area contributed by atoms with Crippen LogP contribution in [0.3, 0.4) is 0 Å². The number of benzene rings is 1. The quantitative estimate of drug-likeness (QED) is 0.811.